The Morgan fingerprint density at radius 1 is 1.50 bits per heavy atom. The number of thioether (sulfide) groups is 2. The zero-order valence-electron chi connectivity index (χ0n) is 11.2. The third-order valence-electron chi connectivity index (χ3n) is 3.42. The van der Waals surface area contributed by atoms with E-state index in [2.05, 4.69) is 4.98 Å². The molecule has 0 saturated carbocycles. The molecule has 0 radical (unpaired) electrons. The lowest BCUT2D eigenvalue weighted by molar-refractivity contribution is -0.156. The number of aromatic hydroxyl groups is 2. The molecule has 118 valence electrons. The normalized spacial score (nSPS) is 25.2. The van der Waals surface area contributed by atoms with Crippen molar-refractivity contribution < 1.29 is 30.0 Å². The van der Waals surface area contributed by atoms with Crippen molar-refractivity contribution in [1.82, 2.24) is 9.88 Å². The summed E-state index contributed by atoms with van der Waals surface area (Å²) >= 11 is 2.09. The molecule has 2 aliphatic heterocycles. The lowest BCUT2D eigenvalue weighted by atomic mass is 9.92. The van der Waals surface area contributed by atoms with Gasteiger partial charge in [-0.2, -0.15) is 0 Å². The molecular weight excluding hydrogens is 332 g/mol. The zero-order chi connectivity index (χ0) is 16.2. The summed E-state index contributed by atoms with van der Waals surface area (Å²) in [5.41, 5.74) is -0.165. The van der Waals surface area contributed by atoms with E-state index in [-0.39, 0.29) is 22.4 Å². The molecule has 22 heavy (non-hydrogen) atoms. The predicted molar refractivity (Wildman–Crippen MR) is 78.0 cm³/mol. The third-order valence-corrected chi connectivity index (χ3v) is 6.02. The maximum absolute atomic E-state index is 12.0. The van der Waals surface area contributed by atoms with Crippen LogP contribution in [0.3, 0.4) is 0 Å². The van der Waals surface area contributed by atoms with E-state index < -0.39 is 29.3 Å². The van der Waals surface area contributed by atoms with Crippen LogP contribution in [0.5, 0.6) is 11.8 Å². The second-order valence-corrected chi connectivity index (χ2v) is 7.33. The van der Waals surface area contributed by atoms with Crippen molar-refractivity contribution in [3.63, 3.8) is 0 Å². The maximum atomic E-state index is 12.0. The number of aromatic amines is 1. The van der Waals surface area contributed by atoms with Gasteiger partial charge in [-0.1, -0.05) is 23.5 Å². The minimum Gasteiger partial charge on any atom is -0.494 e. The van der Waals surface area contributed by atoms with Gasteiger partial charge in [-0.05, 0) is 6.92 Å². The molecule has 1 aromatic rings. The topological polar surface area (TPSA) is 134 Å². The largest absolute Gasteiger partial charge is 0.494 e. The summed E-state index contributed by atoms with van der Waals surface area (Å²) in [6.45, 7) is 1.49. The highest BCUT2D eigenvalue weighted by Crippen LogP contribution is 2.56. The van der Waals surface area contributed by atoms with Crippen LogP contribution in [0.25, 0.3) is 0 Å². The molecular formula is C12H12N2O6S2. The van der Waals surface area contributed by atoms with E-state index >= 15 is 0 Å². The fraction of sp³-hybridized carbons (Fsp3) is 0.333. The number of fused-ring (bicyclic) bond motifs is 1. The van der Waals surface area contributed by atoms with Gasteiger partial charge < -0.3 is 20.4 Å². The molecule has 0 spiro atoms. The predicted octanol–water partition coefficient (Wildman–Crippen LogP) is 0.684. The van der Waals surface area contributed by atoms with Crippen molar-refractivity contribution in [3.05, 3.63) is 16.0 Å². The molecule has 10 heteroatoms. The average Bonchev–Trinajstić information content (AvgIpc) is 2.87. The van der Waals surface area contributed by atoms with E-state index in [0.29, 0.717) is 4.24 Å². The fourth-order valence-corrected chi connectivity index (χ4v) is 5.29. The van der Waals surface area contributed by atoms with Crippen LogP contribution >= 0.6 is 23.5 Å². The first-order chi connectivity index (χ1) is 10.3. The smallest absolute Gasteiger partial charge is 0.354 e. The number of H-pyrrole nitrogens is 1. The lowest BCUT2D eigenvalue weighted by Crippen LogP contribution is -2.60. The molecule has 3 atom stereocenters. The number of aliphatic hydroxyl groups is 1. The molecule has 8 nitrogen and oxygen atoms in total. The van der Waals surface area contributed by atoms with E-state index in [0.717, 1.165) is 28.4 Å². The Hall–Kier alpha value is -1.78. The Labute approximate surface area is 132 Å². The van der Waals surface area contributed by atoms with Crippen LogP contribution in [0, 0.1) is 5.92 Å². The van der Waals surface area contributed by atoms with Crippen molar-refractivity contribution >= 4 is 35.4 Å². The zero-order valence-corrected chi connectivity index (χ0v) is 12.8. The molecule has 0 bridgehead atoms. The highest BCUT2D eigenvalue weighted by molar-refractivity contribution is 8.22. The first kappa shape index (κ1) is 15.1. The second kappa shape index (κ2) is 5.14. The van der Waals surface area contributed by atoms with Gasteiger partial charge >= 0.3 is 5.97 Å². The summed E-state index contributed by atoms with van der Waals surface area (Å²) in [4.78, 5) is 27.2. The van der Waals surface area contributed by atoms with Crippen LogP contribution in [0.2, 0.25) is 0 Å². The minimum absolute atomic E-state index is 0.165. The number of carbonyl (C=O) groups is 2. The van der Waals surface area contributed by atoms with Crippen LogP contribution in [-0.2, 0) is 9.59 Å². The van der Waals surface area contributed by atoms with Crippen molar-refractivity contribution in [2.75, 3.05) is 0 Å². The summed E-state index contributed by atoms with van der Waals surface area (Å²) in [6, 6.07) is 1.26. The molecule has 1 amide bonds. The first-order valence-corrected chi connectivity index (χ1v) is 7.95. The van der Waals surface area contributed by atoms with Gasteiger partial charge in [-0.25, -0.2) is 4.79 Å². The molecule has 1 aromatic heterocycles. The number of carboxylic acid groups (broad SMARTS) is 1. The Bertz CT molecular complexity index is 698. The lowest BCUT2D eigenvalue weighted by Gasteiger charge is -2.43. The third kappa shape index (κ3) is 2.14. The summed E-state index contributed by atoms with van der Waals surface area (Å²) < 4.78 is 0.322. The number of rotatable bonds is 4. The van der Waals surface area contributed by atoms with Gasteiger partial charge in [0.05, 0.1) is 21.2 Å². The van der Waals surface area contributed by atoms with Gasteiger partial charge in [0.1, 0.15) is 5.37 Å². The first-order valence-electron chi connectivity index (χ1n) is 6.25. The standard InChI is InChI=1S/C12H12N2O6S2/c1-3(15)6-9(18)14-7(11(19)20)12(22-10(6)14)21-4-2-5(16)13-8(4)17/h2-3,6,10,13,15-17H,1H3,(H,19,20)/t3-,6+,10-/m1/s1. The molecule has 1 saturated heterocycles. The van der Waals surface area contributed by atoms with Gasteiger partial charge in [0.15, 0.2) is 11.6 Å². The van der Waals surface area contributed by atoms with Crippen LogP contribution < -0.4 is 0 Å². The molecule has 0 aromatic carbocycles. The van der Waals surface area contributed by atoms with E-state index in [1.54, 1.807) is 0 Å². The number of aromatic nitrogens is 1. The van der Waals surface area contributed by atoms with Crippen LogP contribution in [0.4, 0.5) is 0 Å². The minimum atomic E-state index is -1.26. The monoisotopic (exact) mass is 344 g/mol. The SMILES string of the molecule is C[C@@H](O)[C@H]1C(=O)N2C(C(=O)O)=C(Sc3cc(O)[nH]c3O)S[C@H]12. The van der Waals surface area contributed by atoms with E-state index in [1.807, 2.05) is 0 Å². The Morgan fingerprint density at radius 2 is 2.18 bits per heavy atom. The van der Waals surface area contributed by atoms with Gasteiger partial charge in [-0.3, -0.25) is 14.7 Å². The Kier molecular flexibility index (Phi) is 3.54. The number of nitrogens with zero attached hydrogens (tertiary/aromatic N) is 1. The Balaban J connectivity index is 1.92. The number of aliphatic carboxylic acids is 1. The number of aliphatic hydroxyl groups excluding tert-OH is 1. The van der Waals surface area contributed by atoms with Gasteiger partial charge in [0.2, 0.25) is 11.8 Å². The summed E-state index contributed by atoms with van der Waals surface area (Å²) in [6.07, 6.45) is -0.870. The van der Waals surface area contributed by atoms with E-state index in [4.69, 9.17) is 0 Å². The highest BCUT2D eigenvalue weighted by atomic mass is 32.2. The fourth-order valence-electron chi connectivity index (χ4n) is 2.41. The summed E-state index contributed by atoms with van der Waals surface area (Å²) in [5, 5.41) is 37.4. The number of carbonyl (C=O) groups excluding carboxylic acids is 1. The number of hydrogen-bond acceptors (Lipinski definition) is 7. The average molecular weight is 344 g/mol. The van der Waals surface area contributed by atoms with Crippen molar-refractivity contribution in [1.29, 1.82) is 0 Å². The maximum Gasteiger partial charge on any atom is 0.354 e. The Morgan fingerprint density at radius 3 is 2.68 bits per heavy atom. The number of β-lactam (4-membered cyclic amide) rings is 1. The number of carboxylic acids is 1. The van der Waals surface area contributed by atoms with Crippen LogP contribution in [0.15, 0.2) is 20.9 Å². The van der Waals surface area contributed by atoms with E-state index in [9.17, 15) is 30.0 Å². The summed E-state index contributed by atoms with van der Waals surface area (Å²) in [7, 11) is 0. The quantitative estimate of drug-likeness (QED) is 0.504. The van der Waals surface area contributed by atoms with Crippen molar-refractivity contribution in [2.45, 2.75) is 23.3 Å². The molecule has 2 aliphatic rings. The van der Waals surface area contributed by atoms with Crippen molar-refractivity contribution in [3.8, 4) is 11.8 Å². The molecule has 3 rings (SSSR count). The second-order valence-electron chi connectivity index (χ2n) is 4.89. The molecule has 1 fully saturated rings. The number of hydrogen-bond donors (Lipinski definition) is 5. The number of nitrogens with one attached hydrogen (secondary N) is 1. The van der Waals surface area contributed by atoms with Gasteiger partial charge in [-0.15, -0.1) is 0 Å². The van der Waals surface area contributed by atoms with Gasteiger partial charge in [0.25, 0.3) is 0 Å². The molecule has 0 unspecified atom stereocenters. The van der Waals surface area contributed by atoms with Crippen LogP contribution in [0.1, 0.15) is 6.92 Å². The molecule has 5 N–H and O–H groups in total. The molecule has 3 heterocycles. The number of amides is 1. The van der Waals surface area contributed by atoms with E-state index in [1.165, 1.54) is 13.0 Å². The van der Waals surface area contributed by atoms with Gasteiger partial charge in [0, 0.05) is 6.07 Å². The molecule has 0 aliphatic carbocycles. The van der Waals surface area contributed by atoms with Crippen LogP contribution in [-0.4, -0.2) is 53.7 Å². The highest BCUT2D eigenvalue weighted by Gasteiger charge is 2.57. The van der Waals surface area contributed by atoms with Crippen molar-refractivity contribution in [2.24, 2.45) is 5.92 Å². The summed E-state index contributed by atoms with van der Waals surface area (Å²) in [5.74, 6) is -2.86.